The maximum Gasteiger partial charge on any atom is 0.251 e. The highest BCUT2D eigenvalue weighted by molar-refractivity contribution is 7.89. The molecule has 0 unspecified atom stereocenters. The summed E-state index contributed by atoms with van der Waals surface area (Å²) in [7, 11) is -2.15. The molecule has 1 amide bonds. The van der Waals surface area contributed by atoms with Gasteiger partial charge in [0.25, 0.3) is 5.91 Å². The van der Waals surface area contributed by atoms with E-state index in [1.165, 1.54) is 24.3 Å². The second-order valence-corrected chi connectivity index (χ2v) is 7.33. The molecule has 0 spiro atoms. The fourth-order valence-corrected chi connectivity index (χ4v) is 2.55. The third kappa shape index (κ3) is 12.5. The van der Waals surface area contributed by atoms with E-state index >= 15 is 0 Å². The number of methoxy groups -OCH3 is 1. The van der Waals surface area contributed by atoms with Crippen LogP contribution in [0.3, 0.4) is 0 Å². The van der Waals surface area contributed by atoms with Gasteiger partial charge in [-0.05, 0) is 24.3 Å². The van der Waals surface area contributed by atoms with E-state index in [4.69, 9.17) is 28.8 Å². The lowest BCUT2D eigenvalue weighted by Gasteiger charge is -2.08. The number of hydrogen-bond donors (Lipinski definition) is 2. The minimum Gasteiger partial charge on any atom is -0.382 e. The van der Waals surface area contributed by atoms with E-state index in [-0.39, 0.29) is 10.8 Å². The van der Waals surface area contributed by atoms with Crippen LogP contribution >= 0.6 is 0 Å². The number of benzene rings is 1. The van der Waals surface area contributed by atoms with Crippen LogP contribution in [-0.4, -0.2) is 87.4 Å². The monoisotopic (exact) mass is 434 g/mol. The number of nitrogens with two attached hydrogens (primary N) is 1. The Morgan fingerprint density at radius 2 is 1.28 bits per heavy atom. The number of sulfonamides is 1. The van der Waals surface area contributed by atoms with E-state index < -0.39 is 10.0 Å². The van der Waals surface area contributed by atoms with Gasteiger partial charge in [-0.3, -0.25) is 4.79 Å². The molecule has 0 saturated carbocycles. The number of amides is 1. The van der Waals surface area contributed by atoms with Gasteiger partial charge in [0, 0.05) is 19.2 Å². The summed E-state index contributed by atoms with van der Waals surface area (Å²) in [5.74, 6) is -0.325. The van der Waals surface area contributed by atoms with Crippen molar-refractivity contribution in [3.8, 4) is 0 Å². The predicted octanol–water partition coefficient (Wildman–Crippen LogP) is -0.223. The fourth-order valence-electron chi connectivity index (χ4n) is 2.04. The Balaban J connectivity index is 1.95. The number of carbonyl (C=O) groups is 1. The Morgan fingerprint density at radius 1 is 0.828 bits per heavy atom. The van der Waals surface area contributed by atoms with Crippen molar-refractivity contribution in [1.29, 1.82) is 0 Å². The third-order valence-corrected chi connectivity index (χ3v) is 4.45. The van der Waals surface area contributed by atoms with Crippen molar-refractivity contribution in [2.45, 2.75) is 4.90 Å². The minimum absolute atomic E-state index is 0.0433. The highest BCUT2D eigenvalue weighted by atomic mass is 32.2. The number of ether oxygens (including phenoxy) is 5. The van der Waals surface area contributed by atoms with Gasteiger partial charge in [0.05, 0.1) is 64.4 Å². The van der Waals surface area contributed by atoms with E-state index in [1.54, 1.807) is 7.11 Å². The number of hydrogen-bond acceptors (Lipinski definition) is 8. The van der Waals surface area contributed by atoms with E-state index in [9.17, 15) is 13.2 Å². The summed E-state index contributed by atoms with van der Waals surface area (Å²) in [4.78, 5) is 11.9. The van der Waals surface area contributed by atoms with Gasteiger partial charge in [-0.2, -0.15) is 0 Å². The summed E-state index contributed by atoms with van der Waals surface area (Å²) in [5.41, 5.74) is 0.338. The standard InChI is InChI=1S/C18H30N2O8S/c1-24-8-9-26-12-13-28-15-14-27-11-10-25-7-6-20-18(21)16-2-4-17(5-3-16)29(19,22)23/h2-5H,6-15H2,1H3,(H,20,21)(H2,19,22,23). The lowest BCUT2D eigenvalue weighted by atomic mass is 10.2. The Hall–Kier alpha value is -1.60. The lowest BCUT2D eigenvalue weighted by Crippen LogP contribution is -2.27. The lowest BCUT2D eigenvalue weighted by molar-refractivity contribution is -0.00745. The maximum absolute atomic E-state index is 11.9. The van der Waals surface area contributed by atoms with Gasteiger partial charge in [0.15, 0.2) is 0 Å². The first kappa shape index (κ1) is 25.4. The topological polar surface area (TPSA) is 135 Å². The van der Waals surface area contributed by atoms with Crippen LogP contribution in [0.2, 0.25) is 0 Å². The molecule has 10 nitrogen and oxygen atoms in total. The first-order valence-electron chi connectivity index (χ1n) is 9.16. The molecule has 11 heteroatoms. The van der Waals surface area contributed by atoms with Crippen LogP contribution in [0, 0.1) is 0 Å². The summed E-state index contributed by atoms with van der Waals surface area (Å²) in [6.07, 6.45) is 0. The van der Waals surface area contributed by atoms with Gasteiger partial charge >= 0.3 is 0 Å². The Labute approximate surface area is 171 Å². The zero-order valence-corrected chi connectivity index (χ0v) is 17.4. The first-order chi connectivity index (χ1) is 13.9. The molecular formula is C18H30N2O8S. The molecule has 1 aromatic carbocycles. The van der Waals surface area contributed by atoms with Crippen molar-refractivity contribution in [2.75, 3.05) is 73.1 Å². The van der Waals surface area contributed by atoms with Gasteiger partial charge in [-0.15, -0.1) is 0 Å². The van der Waals surface area contributed by atoms with Crippen LogP contribution in [0.15, 0.2) is 29.2 Å². The molecule has 0 atom stereocenters. The van der Waals surface area contributed by atoms with E-state index in [2.05, 4.69) is 5.32 Å². The van der Waals surface area contributed by atoms with E-state index in [0.29, 0.717) is 71.6 Å². The molecule has 0 aliphatic carbocycles. The summed E-state index contributed by atoms with van der Waals surface area (Å²) >= 11 is 0. The number of rotatable bonds is 17. The summed E-state index contributed by atoms with van der Waals surface area (Å²) in [6, 6.07) is 5.38. The van der Waals surface area contributed by atoms with Crippen LogP contribution < -0.4 is 10.5 Å². The normalized spacial score (nSPS) is 11.5. The third-order valence-electron chi connectivity index (χ3n) is 3.52. The Bertz CT molecular complexity index is 667. The molecule has 1 rings (SSSR count). The molecular weight excluding hydrogens is 404 g/mol. The molecule has 0 saturated heterocycles. The van der Waals surface area contributed by atoms with Crippen molar-refractivity contribution >= 4 is 15.9 Å². The number of primary sulfonamides is 1. The van der Waals surface area contributed by atoms with Crippen molar-refractivity contribution in [3.63, 3.8) is 0 Å². The summed E-state index contributed by atoms with van der Waals surface area (Å²) < 4.78 is 48.5. The van der Waals surface area contributed by atoms with Crippen LogP contribution in [0.5, 0.6) is 0 Å². The van der Waals surface area contributed by atoms with E-state index in [1.807, 2.05) is 0 Å². The average Bonchev–Trinajstić information content (AvgIpc) is 2.70. The quantitative estimate of drug-likeness (QED) is 0.321. The van der Waals surface area contributed by atoms with Crippen molar-refractivity contribution < 1.29 is 36.9 Å². The molecule has 0 bridgehead atoms. The molecule has 1 aromatic rings. The maximum atomic E-state index is 11.9. The summed E-state index contributed by atoms with van der Waals surface area (Å²) in [5, 5.41) is 7.69. The zero-order chi connectivity index (χ0) is 21.4. The van der Waals surface area contributed by atoms with Gasteiger partial charge in [0.1, 0.15) is 0 Å². The fraction of sp³-hybridized carbons (Fsp3) is 0.611. The molecule has 0 aliphatic rings. The number of carbonyl (C=O) groups excluding carboxylic acids is 1. The van der Waals surface area contributed by atoms with Crippen molar-refractivity contribution in [3.05, 3.63) is 29.8 Å². The molecule has 0 radical (unpaired) electrons. The van der Waals surface area contributed by atoms with E-state index in [0.717, 1.165) is 0 Å². The molecule has 3 N–H and O–H groups in total. The van der Waals surface area contributed by atoms with Crippen LogP contribution in [-0.2, 0) is 33.7 Å². The zero-order valence-electron chi connectivity index (χ0n) is 16.6. The molecule has 0 heterocycles. The number of nitrogens with one attached hydrogen (secondary N) is 1. The minimum atomic E-state index is -3.77. The second kappa shape index (κ2) is 15.3. The Kier molecular flexibility index (Phi) is 13.4. The largest absolute Gasteiger partial charge is 0.382 e. The predicted molar refractivity (Wildman–Crippen MR) is 105 cm³/mol. The molecule has 29 heavy (non-hydrogen) atoms. The smallest absolute Gasteiger partial charge is 0.251 e. The van der Waals surface area contributed by atoms with Gasteiger partial charge in [-0.25, -0.2) is 13.6 Å². The molecule has 0 fully saturated rings. The summed E-state index contributed by atoms with van der Waals surface area (Å²) in [6.45, 7) is 4.58. The molecule has 0 aliphatic heterocycles. The van der Waals surface area contributed by atoms with Gasteiger partial charge < -0.3 is 29.0 Å². The van der Waals surface area contributed by atoms with Crippen LogP contribution in [0.25, 0.3) is 0 Å². The highest BCUT2D eigenvalue weighted by Gasteiger charge is 2.09. The van der Waals surface area contributed by atoms with Gasteiger partial charge in [0.2, 0.25) is 10.0 Å². The second-order valence-electron chi connectivity index (χ2n) is 5.77. The Morgan fingerprint density at radius 3 is 1.72 bits per heavy atom. The first-order valence-corrected chi connectivity index (χ1v) is 10.7. The average molecular weight is 435 g/mol. The highest BCUT2D eigenvalue weighted by Crippen LogP contribution is 2.08. The molecule has 0 aromatic heterocycles. The van der Waals surface area contributed by atoms with Gasteiger partial charge in [-0.1, -0.05) is 0 Å². The van der Waals surface area contributed by atoms with Crippen LogP contribution in [0.4, 0.5) is 0 Å². The SMILES string of the molecule is COCCOCCOCCOCCOCCNC(=O)c1ccc(S(N)(=O)=O)cc1. The van der Waals surface area contributed by atoms with Crippen molar-refractivity contribution in [2.24, 2.45) is 5.14 Å². The van der Waals surface area contributed by atoms with Crippen molar-refractivity contribution in [1.82, 2.24) is 5.32 Å². The van der Waals surface area contributed by atoms with Crippen LogP contribution in [0.1, 0.15) is 10.4 Å². The molecule has 166 valence electrons.